The summed E-state index contributed by atoms with van der Waals surface area (Å²) in [5, 5.41) is 2.74. The van der Waals surface area contributed by atoms with Crippen molar-refractivity contribution in [2.24, 2.45) is 0 Å². The number of hydrogen-bond acceptors (Lipinski definition) is 2. The number of likely N-dealkylation sites (N-methyl/N-ethyl adjacent to an activating group) is 1. The molecule has 0 aliphatic carbocycles. The Morgan fingerprint density at radius 1 is 1.17 bits per heavy atom. The highest BCUT2D eigenvalue weighted by Crippen LogP contribution is 2.41. The topological polar surface area (TPSA) is 49.4 Å². The van der Waals surface area contributed by atoms with Crippen LogP contribution in [0.25, 0.3) is 0 Å². The predicted octanol–water partition coefficient (Wildman–Crippen LogP) is 3.26. The number of benzene rings is 2. The highest BCUT2D eigenvalue weighted by Gasteiger charge is 2.42. The van der Waals surface area contributed by atoms with E-state index in [1.54, 1.807) is 11.9 Å². The molecule has 0 unspecified atom stereocenters. The molecular weight excluding hydrogens is 307 g/mol. The van der Waals surface area contributed by atoms with Gasteiger partial charge in [-0.2, -0.15) is 0 Å². The van der Waals surface area contributed by atoms with Gasteiger partial charge in [-0.3, -0.25) is 9.59 Å². The fourth-order valence-electron chi connectivity index (χ4n) is 3.05. The zero-order valence-corrected chi connectivity index (χ0v) is 13.9. The van der Waals surface area contributed by atoms with Gasteiger partial charge >= 0.3 is 0 Å². The lowest BCUT2D eigenvalue weighted by Gasteiger charge is -2.16. The summed E-state index contributed by atoms with van der Waals surface area (Å²) in [5.41, 5.74) is 2.62. The Bertz CT molecular complexity index is 813. The van der Waals surface area contributed by atoms with Crippen molar-refractivity contribution < 1.29 is 14.0 Å². The second-order valence-corrected chi connectivity index (χ2v) is 6.57. The zero-order valence-electron chi connectivity index (χ0n) is 13.9. The second-order valence-electron chi connectivity index (χ2n) is 6.57. The van der Waals surface area contributed by atoms with Gasteiger partial charge in [-0.15, -0.1) is 0 Å². The van der Waals surface area contributed by atoms with Gasteiger partial charge in [0.2, 0.25) is 11.8 Å². The normalized spacial score (nSPS) is 15.3. The van der Waals surface area contributed by atoms with Crippen molar-refractivity contribution in [3.05, 3.63) is 59.4 Å². The van der Waals surface area contributed by atoms with Crippen LogP contribution in [0.15, 0.2) is 42.5 Å². The largest absolute Gasteiger partial charge is 0.326 e. The number of anilines is 2. The van der Waals surface area contributed by atoms with E-state index in [-0.39, 0.29) is 24.1 Å². The summed E-state index contributed by atoms with van der Waals surface area (Å²) in [6.45, 7) is 3.78. The molecule has 0 radical (unpaired) electrons. The van der Waals surface area contributed by atoms with E-state index in [4.69, 9.17) is 0 Å². The molecular formula is C19H19FN2O2. The van der Waals surface area contributed by atoms with Crippen LogP contribution in [0.2, 0.25) is 0 Å². The number of carbonyl (C=O) groups excluding carboxylic acids is 2. The third kappa shape index (κ3) is 2.77. The monoisotopic (exact) mass is 326 g/mol. The lowest BCUT2D eigenvalue weighted by molar-refractivity contribution is -0.121. The summed E-state index contributed by atoms with van der Waals surface area (Å²) in [6.07, 6.45) is 0.193. The molecule has 1 aliphatic heterocycles. The van der Waals surface area contributed by atoms with Crippen LogP contribution in [0.5, 0.6) is 0 Å². The molecule has 4 nitrogen and oxygen atoms in total. The number of fused-ring (bicyclic) bond motifs is 1. The summed E-state index contributed by atoms with van der Waals surface area (Å²) in [7, 11) is 1.76. The first-order valence-corrected chi connectivity index (χ1v) is 7.76. The Morgan fingerprint density at radius 2 is 1.83 bits per heavy atom. The first kappa shape index (κ1) is 16.2. The van der Waals surface area contributed by atoms with Gasteiger partial charge in [-0.25, -0.2) is 4.39 Å². The van der Waals surface area contributed by atoms with E-state index >= 15 is 0 Å². The minimum absolute atomic E-state index is 0.0467. The lowest BCUT2D eigenvalue weighted by atomic mass is 9.85. The Balaban J connectivity index is 1.77. The van der Waals surface area contributed by atoms with Gasteiger partial charge in [0.05, 0.1) is 11.8 Å². The SMILES string of the molecule is CN1C(=O)C(C)(C)c2cc(CC(=O)Nc3ccc(F)cc3)ccc21. The smallest absolute Gasteiger partial charge is 0.236 e. The highest BCUT2D eigenvalue weighted by atomic mass is 19.1. The fraction of sp³-hybridized carbons (Fsp3) is 0.263. The number of nitrogens with zero attached hydrogens (tertiary/aromatic N) is 1. The maximum atomic E-state index is 12.9. The van der Waals surface area contributed by atoms with Crippen LogP contribution in [0.3, 0.4) is 0 Å². The molecule has 2 aromatic carbocycles. The molecule has 0 bridgehead atoms. The van der Waals surface area contributed by atoms with Crippen molar-refractivity contribution >= 4 is 23.2 Å². The van der Waals surface area contributed by atoms with Crippen LogP contribution >= 0.6 is 0 Å². The Hall–Kier alpha value is -2.69. The average molecular weight is 326 g/mol. The molecule has 1 heterocycles. The Morgan fingerprint density at radius 3 is 2.50 bits per heavy atom. The van der Waals surface area contributed by atoms with E-state index in [1.807, 2.05) is 32.0 Å². The Kier molecular flexibility index (Phi) is 3.87. The van der Waals surface area contributed by atoms with E-state index in [0.29, 0.717) is 5.69 Å². The number of nitrogens with one attached hydrogen (secondary N) is 1. The zero-order chi connectivity index (χ0) is 17.5. The molecule has 0 spiro atoms. The molecule has 2 aromatic rings. The van der Waals surface area contributed by atoms with Crippen molar-refractivity contribution in [3.8, 4) is 0 Å². The minimum atomic E-state index is -0.590. The second kappa shape index (κ2) is 5.74. The van der Waals surface area contributed by atoms with Gasteiger partial charge in [0.25, 0.3) is 0 Å². The first-order valence-electron chi connectivity index (χ1n) is 7.76. The van der Waals surface area contributed by atoms with Crippen LogP contribution in [-0.4, -0.2) is 18.9 Å². The quantitative estimate of drug-likeness (QED) is 0.941. The maximum absolute atomic E-state index is 12.9. The molecule has 24 heavy (non-hydrogen) atoms. The van der Waals surface area contributed by atoms with Crippen LogP contribution in [0.1, 0.15) is 25.0 Å². The minimum Gasteiger partial charge on any atom is -0.326 e. The molecule has 2 amide bonds. The molecule has 1 N–H and O–H groups in total. The standard InChI is InChI=1S/C19H19FN2O2/c1-19(2)15-10-12(4-9-16(15)22(3)18(19)24)11-17(23)21-14-7-5-13(20)6-8-14/h4-10H,11H2,1-3H3,(H,21,23). The molecule has 0 fully saturated rings. The van der Waals surface area contributed by atoms with E-state index in [0.717, 1.165) is 16.8 Å². The molecule has 0 atom stereocenters. The van der Waals surface area contributed by atoms with Crippen molar-refractivity contribution in [2.45, 2.75) is 25.7 Å². The summed E-state index contributed by atoms with van der Waals surface area (Å²) >= 11 is 0. The van der Waals surface area contributed by atoms with E-state index in [1.165, 1.54) is 24.3 Å². The highest BCUT2D eigenvalue weighted by molar-refractivity contribution is 6.07. The summed E-state index contributed by atoms with van der Waals surface area (Å²) in [5.74, 6) is -0.481. The molecule has 5 heteroatoms. The van der Waals surface area contributed by atoms with Crippen LogP contribution < -0.4 is 10.2 Å². The summed E-state index contributed by atoms with van der Waals surface area (Å²) in [4.78, 5) is 26.1. The Labute approximate surface area is 140 Å². The van der Waals surface area contributed by atoms with Crippen molar-refractivity contribution in [2.75, 3.05) is 17.3 Å². The van der Waals surface area contributed by atoms with Gasteiger partial charge in [-0.05, 0) is 55.3 Å². The van der Waals surface area contributed by atoms with E-state index in [2.05, 4.69) is 5.32 Å². The van der Waals surface area contributed by atoms with Crippen molar-refractivity contribution in [1.29, 1.82) is 0 Å². The summed E-state index contributed by atoms with van der Waals surface area (Å²) < 4.78 is 12.9. The number of carbonyl (C=O) groups is 2. The van der Waals surface area contributed by atoms with Gasteiger partial charge in [-0.1, -0.05) is 12.1 Å². The lowest BCUT2D eigenvalue weighted by Crippen LogP contribution is -2.33. The van der Waals surface area contributed by atoms with Crippen LogP contribution in [0, 0.1) is 5.82 Å². The average Bonchev–Trinajstić information content (AvgIpc) is 2.71. The van der Waals surface area contributed by atoms with Crippen LogP contribution in [0.4, 0.5) is 15.8 Å². The van der Waals surface area contributed by atoms with Crippen LogP contribution in [-0.2, 0) is 21.4 Å². The number of halogens is 1. The molecule has 0 saturated heterocycles. The molecule has 124 valence electrons. The van der Waals surface area contributed by atoms with E-state index < -0.39 is 5.41 Å². The third-order valence-electron chi connectivity index (χ3n) is 4.43. The van der Waals surface area contributed by atoms with E-state index in [9.17, 15) is 14.0 Å². The molecule has 0 saturated carbocycles. The first-order chi connectivity index (χ1) is 11.3. The maximum Gasteiger partial charge on any atom is 0.236 e. The number of amides is 2. The van der Waals surface area contributed by atoms with Gasteiger partial charge in [0, 0.05) is 18.4 Å². The van der Waals surface area contributed by atoms with Gasteiger partial charge < -0.3 is 10.2 Å². The molecule has 1 aliphatic rings. The summed E-state index contributed by atoms with van der Waals surface area (Å²) in [6, 6.07) is 11.3. The number of hydrogen-bond donors (Lipinski definition) is 1. The fourth-order valence-corrected chi connectivity index (χ4v) is 3.05. The third-order valence-corrected chi connectivity index (χ3v) is 4.43. The molecule has 3 rings (SSSR count). The van der Waals surface area contributed by atoms with Gasteiger partial charge in [0.1, 0.15) is 5.82 Å². The van der Waals surface area contributed by atoms with Crippen molar-refractivity contribution in [3.63, 3.8) is 0 Å². The molecule has 0 aromatic heterocycles. The van der Waals surface area contributed by atoms with Gasteiger partial charge in [0.15, 0.2) is 0 Å². The van der Waals surface area contributed by atoms with Crippen molar-refractivity contribution in [1.82, 2.24) is 0 Å². The predicted molar refractivity (Wildman–Crippen MR) is 91.6 cm³/mol. The number of rotatable bonds is 3.